The lowest BCUT2D eigenvalue weighted by atomic mass is 10.2. The van der Waals surface area contributed by atoms with Gasteiger partial charge in [-0.05, 0) is 25.0 Å². The highest BCUT2D eigenvalue weighted by Gasteiger charge is 2.09. The largest absolute Gasteiger partial charge is 0.505 e. The summed E-state index contributed by atoms with van der Waals surface area (Å²) in [6.07, 6.45) is 8.92. The molecular weight excluding hydrogens is 204 g/mol. The van der Waals surface area contributed by atoms with Gasteiger partial charge in [-0.3, -0.25) is 0 Å². The van der Waals surface area contributed by atoms with Crippen molar-refractivity contribution in [3.63, 3.8) is 0 Å². The van der Waals surface area contributed by atoms with Gasteiger partial charge in [0.1, 0.15) is 0 Å². The van der Waals surface area contributed by atoms with Crippen LogP contribution in [0.4, 0.5) is 0 Å². The lowest BCUT2D eigenvalue weighted by Crippen LogP contribution is -2.17. The standard InChI is InChI=1S/C12H24O2Si/c1-14-10-6-5-8-12(13)9-7-11-15(2,3)4/h6-7,9-10,12-13H,5,8,11H2,1-4H3/b9-7-,10-6+. The lowest BCUT2D eigenvalue weighted by Gasteiger charge is -2.12. The minimum Gasteiger partial charge on any atom is -0.505 e. The average Bonchev–Trinajstić information content (AvgIpc) is 2.10. The first kappa shape index (κ1) is 14.5. The number of ether oxygens (including phenoxy) is 1. The smallest absolute Gasteiger partial charge is 0.0784 e. The highest BCUT2D eigenvalue weighted by atomic mass is 28.3. The molecule has 0 aliphatic carbocycles. The fourth-order valence-corrected chi connectivity index (χ4v) is 1.95. The summed E-state index contributed by atoms with van der Waals surface area (Å²) in [7, 11) is 0.626. The van der Waals surface area contributed by atoms with Crippen LogP contribution in [-0.2, 0) is 4.74 Å². The van der Waals surface area contributed by atoms with Crippen molar-refractivity contribution in [2.24, 2.45) is 0 Å². The molecule has 0 aliphatic heterocycles. The lowest BCUT2D eigenvalue weighted by molar-refractivity contribution is 0.213. The summed E-state index contributed by atoms with van der Waals surface area (Å²) in [4.78, 5) is 0. The third kappa shape index (κ3) is 11.4. The summed E-state index contributed by atoms with van der Waals surface area (Å²) in [5, 5.41) is 9.60. The van der Waals surface area contributed by atoms with Gasteiger partial charge in [-0.25, -0.2) is 0 Å². The van der Waals surface area contributed by atoms with Crippen molar-refractivity contribution in [2.75, 3.05) is 7.11 Å². The maximum absolute atomic E-state index is 9.60. The van der Waals surface area contributed by atoms with Gasteiger partial charge in [0, 0.05) is 8.07 Å². The van der Waals surface area contributed by atoms with Crippen LogP contribution in [0.15, 0.2) is 24.5 Å². The monoisotopic (exact) mass is 228 g/mol. The zero-order valence-electron chi connectivity index (χ0n) is 10.4. The first-order valence-electron chi connectivity index (χ1n) is 5.48. The van der Waals surface area contributed by atoms with Gasteiger partial charge in [0.25, 0.3) is 0 Å². The minimum absolute atomic E-state index is 0.317. The first-order chi connectivity index (χ1) is 6.95. The van der Waals surface area contributed by atoms with Crippen molar-refractivity contribution in [1.82, 2.24) is 0 Å². The SMILES string of the molecule is CO/C=C/CCC(O)/C=C\C[Si](C)(C)C. The number of hydrogen-bond acceptors (Lipinski definition) is 2. The van der Waals surface area contributed by atoms with E-state index in [4.69, 9.17) is 4.74 Å². The second kappa shape index (κ2) is 7.71. The molecule has 0 spiro atoms. The molecule has 2 nitrogen and oxygen atoms in total. The second-order valence-corrected chi connectivity index (χ2v) is 10.5. The van der Waals surface area contributed by atoms with Crippen molar-refractivity contribution >= 4 is 8.07 Å². The first-order valence-corrected chi connectivity index (χ1v) is 9.19. The van der Waals surface area contributed by atoms with Crippen LogP contribution >= 0.6 is 0 Å². The zero-order chi connectivity index (χ0) is 11.7. The second-order valence-electron chi connectivity index (χ2n) is 4.95. The van der Waals surface area contributed by atoms with Gasteiger partial charge < -0.3 is 9.84 Å². The molecule has 1 atom stereocenters. The molecule has 88 valence electrons. The molecule has 0 rings (SSSR count). The van der Waals surface area contributed by atoms with Crippen LogP contribution in [0.2, 0.25) is 25.7 Å². The number of aliphatic hydroxyl groups is 1. The van der Waals surface area contributed by atoms with E-state index in [9.17, 15) is 5.11 Å². The molecule has 1 unspecified atom stereocenters. The van der Waals surface area contributed by atoms with Crippen LogP contribution < -0.4 is 0 Å². The molecule has 15 heavy (non-hydrogen) atoms. The quantitative estimate of drug-likeness (QED) is 0.412. The van der Waals surface area contributed by atoms with E-state index in [1.807, 2.05) is 12.2 Å². The Kier molecular flexibility index (Phi) is 7.43. The molecule has 0 aromatic carbocycles. The predicted octanol–water partition coefficient (Wildman–Crippen LogP) is 3.18. The highest BCUT2D eigenvalue weighted by Crippen LogP contribution is 2.09. The van der Waals surface area contributed by atoms with Crippen molar-refractivity contribution in [2.45, 2.75) is 44.6 Å². The van der Waals surface area contributed by atoms with Gasteiger partial charge in [0.05, 0.1) is 19.5 Å². The van der Waals surface area contributed by atoms with Crippen molar-refractivity contribution < 1.29 is 9.84 Å². The van der Waals surface area contributed by atoms with E-state index < -0.39 is 8.07 Å². The van der Waals surface area contributed by atoms with Crippen molar-refractivity contribution in [3.8, 4) is 0 Å². The Balaban J connectivity index is 3.64. The Labute approximate surface area is 94.7 Å². The van der Waals surface area contributed by atoms with Gasteiger partial charge in [-0.1, -0.05) is 31.8 Å². The van der Waals surface area contributed by atoms with E-state index in [0.29, 0.717) is 0 Å². The minimum atomic E-state index is -1.000. The third-order valence-corrected chi connectivity index (χ3v) is 3.41. The summed E-state index contributed by atoms with van der Waals surface area (Å²) >= 11 is 0. The van der Waals surface area contributed by atoms with Crippen LogP contribution in [0, 0.1) is 0 Å². The summed E-state index contributed by atoms with van der Waals surface area (Å²) in [5.74, 6) is 0. The molecule has 0 fully saturated rings. The molecule has 0 amide bonds. The summed E-state index contributed by atoms with van der Waals surface area (Å²) in [6, 6.07) is 1.14. The zero-order valence-corrected chi connectivity index (χ0v) is 11.4. The van der Waals surface area contributed by atoms with Crippen LogP contribution in [0.5, 0.6) is 0 Å². The van der Waals surface area contributed by atoms with Gasteiger partial charge >= 0.3 is 0 Å². The Morgan fingerprint density at radius 2 is 1.93 bits per heavy atom. The van der Waals surface area contributed by atoms with Gasteiger partial charge in [0.15, 0.2) is 0 Å². The van der Waals surface area contributed by atoms with Crippen molar-refractivity contribution in [3.05, 3.63) is 24.5 Å². The van der Waals surface area contributed by atoms with Gasteiger partial charge in [-0.15, -0.1) is 0 Å². The summed E-state index contributed by atoms with van der Waals surface area (Å²) in [5.41, 5.74) is 0. The third-order valence-electron chi connectivity index (χ3n) is 1.95. The van der Waals surface area contributed by atoms with Crippen LogP contribution in [-0.4, -0.2) is 26.4 Å². The molecule has 0 aromatic rings. The number of methoxy groups -OCH3 is 1. The molecule has 0 saturated heterocycles. The fourth-order valence-electron chi connectivity index (χ4n) is 1.11. The van der Waals surface area contributed by atoms with E-state index in [-0.39, 0.29) is 6.10 Å². The Hall–Kier alpha value is -0.543. The van der Waals surface area contributed by atoms with E-state index in [2.05, 4.69) is 25.7 Å². The number of rotatable bonds is 7. The molecule has 0 saturated carbocycles. The molecule has 0 heterocycles. The van der Waals surface area contributed by atoms with Gasteiger partial charge in [-0.2, -0.15) is 0 Å². The van der Waals surface area contributed by atoms with Crippen LogP contribution in [0.3, 0.4) is 0 Å². The predicted molar refractivity (Wildman–Crippen MR) is 68.7 cm³/mol. The average molecular weight is 228 g/mol. The Bertz CT molecular complexity index is 204. The molecule has 1 N–H and O–H groups in total. The highest BCUT2D eigenvalue weighted by molar-refractivity contribution is 6.76. The van der Waals surface area contributed by atoms with E-state index in [1.165, 1.54) is 0 Å². The molecule has 0 aromatic heterocycles. The molecular formula is C12H24O2Si. The number of hydrogen-bond donors (Lipinski definition) is 1. The van der Waals surface area contributed by atoms with E-state index in [0.717, 1.165) is 18.9 Å². The molecule has 3 heteroatoms. The number of allylic oxidation sites excluding steroid dienone is 2. The summed E-state index contributed by atoms with van der Waals surface area (Å²) < 4.78 is 4.77. The van der Waals surface area contributed by atoms with Crippen LogP contribution in [0.1, 0.15) is 12.8 Å². The Morgan fingerprint density at radius 3 is 2.47 bits per heavy atom. The molecule has 0 radical (unpaired) electrons. The molecule has 0 aliphatic rings. The van der Waals surface area contributed by atoms with E-state index in [1.54, 1.807) is 13.4 Å². The Morgan fingerprint density at radius 1 is 1.27 bits per heavy atom. The van der Waals surface area contributed by atoms with E-state index >= 15 is 0 Å². The van der Waals surface area contributed by atoms with Gasteiger partial charge in [0.2, 0.25) is 0 Å². The maximum Gasteiger partial charge on any atom is 0.0784 e. The van der Waals surface area contributed by atoms with Crippen LogP contribution in [0.25, 0.3) is 0 Å². The topological polar surface area (TPSA) is 29.5 Å². The molecule has 0 bridgehead atoms. The number of aliphatic hydroxyl groups excluding tert-OH is 1. The normalized spacial score (nSPS) is 15.0. The summed E-state index contributed by atoms with van der Waals surface area (Å²) in [6.45, 7) is 6.97. The maximum atomic E-state index is 9.60. The van der Waals surface area contributed by atoms with Crippen molar-refractivity contribution in [1.29, 1.82) is 0 Å². The fraction of sp³-hybridized carbons (Fsp3) is 0.667.